The fourth-order valence-corrected chi connectivity index (χ4v) is 3.85. The molecular weight excluding hydrogens is 481 g/mol. The molecule has 4 aromatic rings. The summed E-state index contributed by atoms with van der Waals surface area (Å²) in [5.74, 6) is -0.576. The standard InChI is InChI=1S/C24H22ClF3N6O/c1-4-5-15-8-17(24(26,27)28)11-18(9-15)30-23(35)16-6-7-20(25)22(10-16)34-13-21(31-32-34)19-12-29-33(3)14(19)2/h6-13H,4-5H2,1-3H3,(H,30,35). The van der Waals surface area contributed by atoms with Gasteiger partial charge >= 0.3 is 6.18 Å². The van der Waals surface area contributed by atoms with Crippen molar-refractivity contribution in [3.8, 4) is 16.9 Å². The average molecular weight is 503 g/mol. The van der Waals surface area contributed by atoms with Crippen LogP contribution in [-0.2, 0) is 19.6 Å². The summed E-state index contributed by atoms with van der Waals surface area (Å²) in [6, 6.07) is 8.10. The van der Waals surface area contributed by atoms with Crippen LogP contribution in [0.4, 0.5) is 18.9 Å². The quantitative estimate of drug-likeness (QED) is 0.358. The number of rotatable bonds is 6. The number of hydrogen-bond acceptors (Lipinski definition) is 4. The number of nitrogens with one attached hydrogen (secondary N) is 1. The Labute approximate surface area is 204 Å². The van der Waals surface area contributed by atoms with Gasteiger partial charge in [-0.15, -0.1) is 5.10 Å². The molecule has 0 bridgehead atoms. The summed E-state index contributed by atoms with van der Waals surface area (Å²) in [5, 5.41) is 15.4. The maximum atomic E-state index is 13.3. The molecule has 0 aliphatic rings. The van der Waals surface area contributed by atoms with Crippen LogP contribution in [0.1, 0.15) is 40.5 Å². The van der Waals surface area contributed by atoms with E-state index in [1.165, 1.54) is 22.9 Å². The van der Waals surface area contributed by atoms with Gasteiger partial charge in [-0.05, 0) is 55.3 Å². The smallest absolute Gasteiger partial charge is 0.322 e. The minimum absolute atomic E-state index is 0.0693. The predicted molar refractivity (Wildman–Crippen MR) is 127 cm³/mol. The van der Waals surface area contributed by atoms with Crippen LogP contribution < -0.4 is 5.32 Å². The number of nitrogens with zero attached hydrogens (tertiary/aromatic N) is 5. The third-order valence-electron chi connectivity index (χ3n) is 5.58. The largest absolute Gasteiger partial charge is 0.416 e. The van der Waals surface area contributed by atoms with Gasteiger partial charge in [0.1, 0.15) is 5.69 Å². The molecular formula is C24H22ClF3N6O. The fraction of sp³-hybridized carbons (Fsp3) is 0.250. The number of aromatic nitrogens is 5. The van der Waals surface area contributed by atoms with E-state index >= 15 is 0 Å². The highest BCUT2D eigenvalue weighted by Gasteiger charge is 2.31. The molecule has 11 heteroatoms. The van der Waals surface area contributed by atoms with Crippen LogP contribution in [0.3, 0.4) is 0 Å². The summed E-state index contributed by atoms with van der Waals surface area (Å²) in [5.41, 5.74) is 2.64. The van der Waals surface area contributed by atoms with Gasteiger partial charge in [0.15, 0.2) is 0 Å². The van der Waals surface area contributed by atoms with E-state index in [2.05, 4.69) is 20.7 Å². The minimum atomic E-state index is -4.52. The summed E-state index contributed by atoms with van der Waals surface area (Å²) in [6.45, 7) is 3.78. The molecule has 2 aromatic heterocycles. The molecule has 0 aliphatic heterocycles. The predicted octanol–water partition coefficient (Wildman–Crippen LogP) is 5.85. The number of alkyl halides is 3. The Kier molecular flexibility index (Phi) is 6.66. The lowest BCUT2D eigenvalue weighted by Crippen LogP contribution is -2.14. The van der Waals surface area contributed by atoms with Crippen LogP contribution >= 0.6 is 11.6 Å². The van der Waals surface area contributed by atoms with Gasteiger partial charge in [0.2, 0.25) is 0 Å². The molecule has 0 atom stereocenters. The monoisotopic (exact) mass is 502 g/mol. The number of halogens is 4. The maximum absolute atomic E-state index is 13.3. The van der Waals surface area contributed by atoms with Gasteiger partial charge in [-0.3, -0.25) is 9.48 Å². The Morgan fingerprint density at radius 1 is 1.17 bits per heavy atom. The van der Waals surface area contributed by atoms with Crippen LogP contribution in [-0.4, -0.2) is 30.7 Å². The number of carbonyl (C=O) groups is 1. The number of amides is 1. The highest BCUT2D eigenvalue weighted by atomic mass is 35.5. The van der Waals surface area contributed by atoms with Crippen LogP contribution in [0.25, 0.3) is 16.9 Å². The van der Waals surface area contributed by atoms with E-state index in [4.69, 9.17) is 11.6 Å². The zero-order valence-corrected chi connectivity index (χ0v) is 19.9. The van der Waals surface area contributed by atoms with E-state index in [1.807, 2.05) is 20.9 Å². The lowest BCUT2D eigenvalue weighted by atomic mass is 10.0. The van der Waals surface area contributed by atoms with Crippen LogP contribution in [0.15, 0.2) is 48.8 Å². The molecule has 1 N–H and O–H groups in total. The summed E-state index contributed by atoms with van der Waals surface area (Å²) in [4.78, 5) is 12.9. The highest BCUT2D eigenvalue weighted by molar-refractivity contribution is 6.32. The second-order valence-corrected chi connectivity index (χ2v) is 8.51. The van der Waals surface area contributed by atoms with E-state index in [1.54, 1.807) is 23.1 Å². The van der Waals surface area contributed by atoms with E-state index in [0.717, 1.165) is 23.4 Å². The molecule has 0 saturated heterocycles. The van der Waals surface area contributed by atoms with Crippen molar-refractivity contribution in [3.05, 3.63) is 76.2 Å². The molecule has 0 fully saturated rings. The third-order valence-corrected chi connectivity index (χ3v) is 5.90. The van der Waals surface area contributed by atoms with Crippen molar-refractivity contribution >= 4 is 23.2 Å². The Bertz CT molecular complexity index is 1390. The zero-order chi connectivity index (χ0) is 25.3. The zero-order valence-electron chi connectivity index (χ0n) is 19.2. The normalized spacial score (nSPS) is 11.6. The van der Waals surface area contributed by atoms with Crippen LogP contribution in [0, 0.1) is 6.92 Å². The topological polar surface area (TPSA) is 77.6 Å². The van der Waals surface area contributed by atoms with E-state index in [0.29, 0.717) is 34.8 Å². The first-order valence-corrected chi connectivity index (χ1v) is 11.2. The van der Waals surface area contributed by atoms with Gasteiger partial charge in [-0.2, -0.15) is 18.3 Å². The minimum Gasteiger partial charge on any atom is -0.322 e. The Hall–Kier alpha value is -3.66. The number of hydrogen-bond donors (Lipinski definition) is 1. The van der Waals surface area contributed by atoms with Gasteiger partial charge in [-0.1, -0.05) is 30.2 Å². The van der Waals surface area contributed by atoms with Gasteiger partial charge < -0.3 is 5.32 Å². The number of anilines is 1. The summed E-state index contributed by atoms with van der Waals surface area (Å²) in [6.07, 6.45) is -0.0432. The molecule has 7 nitrogen and oxygen atoms in total. The number of carbonyl (C=O) groups excluding carboxylic acids is 1. The molecule has 0 spiro atoms. The molecule has 0 unspecified atom stereocenters. The lowest BCUT2D eigenvalue weighted by molar-refractivity contribution is -0.137. The second kappa shape index (κ2) is 9.53. The van der Waals surface area contributed by atoms with Gasteiger partial charge in [-0.25, -0.2) is 4.68 Å². The molecule has 182 valence electrons. The van der Waals surface area contributed by atoms with Gasteiger partial charge in [0.25, 0.3) is 5.91 Å². The SMILES string of the molecule is CCCc1cc(NC(=O)c2ccc(Cl)c(-n3cc(-c4cnn(C)c4C)nn3)c2)cc(C(F)(F)F)c1. The lowest BCUT2D eigenvalue weighted by Gasteiger charge is -2.13. The second-order valence-electron chi connectivity index (χ2n) is 8.10. The molecule has 4 rings (SSSR count). The van der Waals surface area contributed by atoms with E-state index in [9.17, 15) is 18.0 Å². The maximum Gasteiger partial charge on any atom is 0.416 e. The average Bonchev–Trinajstić information content (AvgIpc) is 3.40. The first-order valence-electron chi connectivity index (χ1n) is 10.8. The van der Waals surface area contributed by atoms with Crippen LogP contribution in [0.2, 0.25) is 5.02 Å². The van der Waals surface area contributed by atoms with Crippen molar-refractivity contribution in [1.29, 1.82) is 0 Å². The summed E-state index contributed by atoms with van der Waals surface area (Å²) < 4.78 is 43.2. The molecule has 35 heavy (non-hydrogen) atoms. The highest BCUT2D eigenvalue weighted by Crippen LogP contribution is 2.33. The number of benzene rings is 2. The van der Waals surface area contributed by atoms with E-state index < -0.39 is 17.6 Å². The Balaban J connectivity index is 1.63. The summed E-state index contributed by atoms with van der Waals surface area (Å²) >= 11 is 6.35. The van der Waals surface area contributed by atoms with Crippen molar-refractivity contribution in [2.75, 3.05) is 5.32 Å². The summed E-state index contributed by atoms with van der Waals surface area (Å²) in [7, 11) is 1.82. The van der Waals surface area contributed by atoms with Crippen molar-refractivity contribution in [2.24, 2.45) is 7.05 Å². The molecule has 0 saturated carbocycles. The van der Waals surface area contributed by atoms with E-state index in [-0.39, 0.29) is 11.3 Å². The van der Waals surface area contributed by atoms with Gasteiger partial charge in [0, 0.05) is 29.6 Å². The molecule has 0 aliphatic carbocycles. The molecule has 1 amide bonds. The van der Waals surface area contributed by atoms with Gasteiger partial charge in [0.05, 0.1) is 28.7 Å². The Morgan fingerprint density at radius 3 is 2.60 bits per heavy atom. The first-order chi connectivity index (χ1) is 16.6. The van der Waals surface area contributed by atoms with Crippen molar-refractivity contribution < 1.29 is 18.0 Å². The molecule has 2 aromatic carbocycles. The number of aryl methyl sites for hydroxylation is 2. The van der Waals surface area contributed by atoms with Crippen molar-refractivity contribution in [3.63, 3.8) is 0 Å². The van der Waals surface area contributed by atoms with Crippen molar-refractivity contribution in [2.45, 2.75) is 32.9 Å². The fourth-order valence-electron chi connectivity index (χ4n) is 3.65. The third kappa shape index (κ3) is 5.22. The molecule has 0 radical (unpaired) electrons. The van der Waals surface area contributed by atoms with Crippen molar-refractivity contribution in [1.82, 2.24) is 24.8 Å². The molecule has 2 heterocycles. The van der Waals surface area contributed by atoms with Crippen LogP contribution in [0.5, 0.6) is 0 Å². The Morgan fingerprint density at radius 2 is 1.94 bits per heavy atom. The first kappa shape index (κ1) is 24.5.